The molecule has 158 valence electrons. The second-order valence-corrected chi connectivity index (χ2v) is 8.69. The Morgan fingerprint density at radius 1 is 1.37 bits per heavy atom. The zero-order valence-electron chi connectivity index (χ0n) is 17.4. The number of imidazole rings is 1. The fourth-order valence-corrected chi connectivity index (χ4v) is 4.83. The Morgan fingerprint density at radius 2 is 2.17 bits per heavy atom. The predicted molar refractivity (Wildman–Crippen MR) is 119 cm³/mol. The monoisotopic (exact) mass is 424 g/mol. The normalized spacial score (nSPS) is 22.2. The molecule has 30 heavy (non-hydrogen) atoms. The molecule has 1 aromatic carbocycles. The minimum Gasteiger partial charge on any atom is -0.389 e. The lowest BCUT2D eigenvalue weighted by Crippen LogP contribution is -2.61. The lowest BCUT2D eigenvalue weighted by Gasteiger charge is -2.46. The maximum atomic E-state index is 12.9. The molecule has 7 heteroatoms. The summed E-state index contributed by atoms with van der Waals surface area (Å²) in [5.41, 5.74) is 2.85. The molecule has 3 N–H and O–H groups in total. The molecule has 0 radical (unpaired) electrons. The predicted octanol–water partition coefficient (Wildman–Crippen LogP) is 3.23. The first-order valence-electron chi connectivity index (χ1n) is 10.4. The molecule has 0 bridgehead atoms. The smallest absolute Gasteiger partial charge is 0.252 e. The lowest BCUT2D eigenvalue weighted by molar-refractivity contribution is -0.0184. The number of rotatable bonds is 6. The third kappa shape index (κ3) is 4.05. The van der Waals surface area contributed by atoms with E-state index in [2.05, 4.69) is 27.1 Å². The van der Waals surface area contributed by atoms with Gasteiger partial charge in [0.05, 0.1) is 22.9 Å². The Kier molecular flexibility index (Phi) is 6.04. The summed E-state index contributed by atoms with van der Waals surface area (Å²) in [6.07, 6.45) is 0.758. The Hall–Kier alpha value is -2.48. The quantitative estimate of drug-likeness (QED) is 0.567. The summed E-state index contributed by atoms with van der Waals surface area (Å²) in [6.45, 7) is 6.02. The van der Waals surface area contributed by atoms with Crippen LogP contribution in [0.15, 0.2) is 47.2 Å². The zero-order chi connectivity index (χ0) is 21.1. The van der Waals surface area contributed by atoms with Gasteiger partial charge in [-0.3, -0.25) is 9.69 Å². The number of thiophene rings is 1. The molecule has 2 aromatic heterocycles. The first-order chi connectivity index (χ1) is 14.5. The van der Waals surface area contributed by atoms with E-state index in [1.807, 2.05) is 54.1 Å². The van der Waals surface area contributed by atoms with Gasteiger partial charge in [0.25, 0.3) is 5.91 Å². The molecule has 1 saturated heterocycles. The number of hydrogen-bond acceptors (Lipinski definition) is 5. The number of carbonyl (C=O) groups excluding carboxylic acids is 1. The number of benzene rings is 1. The van der Waals surface area contributed by atoms with Crippen LogP contribution in [0, 0.1) is 6.92 Å². The number of β-amino-alcohol motifs (C(OH)–C–C–N with tert-alkyl or cyclic N) is 1. The van der Waals surface area contributed by atoms with Crippen molar-refractivity contribution in [3.63, 3.8) is 0 Å². The SMILES string of the molecule is CCc1nc(CN2CC[C@@](NC(=O)c3ccsc3)(c3ccccc3)[C@H](O)C2)c(C)[nH]1. The Bertz CT molecular complexity index is 986. The standard InChI is InChI=1S/C23H28N4O2S/c1-3-21-24-16(2)19(25-21)13-27-11-10-23(20(28)14-27,18-7-5-4-6-8-18)26-22(29)17-9-12-30-15-17/h4-9,12,15,20,28H,3,10-11,13-14H2,1-2H3,(H,24,25)(H,26,29)/t20-,23-/m1/s1. The van der Waals surface area contributed by atoms with Crippen molar-refractivity contribution in [2.45, 2.75) is 44.9 Å². The van der Waals surface area contributed by atoms with E-state index in [0.29, 0.717) is 25.1 Å². The van der Waals surface area contributed by atoms with Gasteiger partial charge < -0.3 is 15.4 Å². The number of aromatic nitrogens is 2. The second-order valence-electron chi connectivity index (χ2n) is 7.91. The summed E-state index contributed by atoms with van der Waals surface area (Å²) in [6, 6.07) is 11.6. The van der Waals surface area contributed by atoms with Gasteiger partial charge >= 0.3 is 0 Å². The van der Waals surface area contributed by atoms with Gasteiger partial charge in [0.1, 0.15) is 5.82 Å². The van der Waals surface area contributed by atoms with Crippen LogP contribution in [-0.4, -0.2) is 45.1 Å². The van der Waals surface area contributed by atoms with Crippen LogP contribution in [0.5, 0.6) is 0 Å². The molecular formula is C23H28N4O2S. The molecule has 3 heterocycles. The minimum atomic E-state index is -0.814. The number of aryl methyl sites for hydroxylation is 2. The average Bonchev–Trinajstić information content (AvgIpc) is 3.41. The molecule has 1 fully saturated rings. The average molecular weight is 425 g/mol. The van der Waals surface area contributed by atoms with E-state index in [1.165, 1.54) is 11.3 Å². The third-order valence-corrected chi connectivity index (χ3v) is 6.66. The molecule has 2 atom stereocenters. The van der Waals surface area contributed by atoms with E-state index < -0.39 is 11.6 Å². The molecule has 0 saturated carbocycles. The van der Waals surface area contributed by atoms with Crippen LogP contribution in [0.3, 0.4) is 0 Å². The number of hydrogen-bond donors (Lipinski definition) is 3. The molecule has 0 spiro atoms. The fraction of sp³-hybridized carbons (Fsp3) is 0.391. The number of aliphatic hydroxyl groups is 1. The number of nitrogens with zero attached hydrogens (tertiary/aromatic N) is 2. The van der Waals surface area contributed by atoms with Crippen LogP contribution in [0.4, 0.5) is 0 Å². The maximum Gasteiger partial charge on any atom is 0.252 e. The van der Waals surface area contributed by atoms with E-state index in [0.717, 1.165) is 35.7 Å². The van der Waals surface area contributed by atoms with E-state index in [9.17, 15) is 9.90 Å². The molecule has 0 aliphatic carbocycles. The first kappa shape index (κ1) is 20.8. The topological polar surface area (TPSA) is 81.2 Å². The molecule has 4 rings (SSSR count). The number of carbonyl (C=O) groups is 1. The maximum absolute atomic E-state index is 12.9. The van der Waals surface area contributed by atoms with Crippen molar-refractivity contribution in [3.8, 4) is 0 Å². The van der Waals surface area contributed by atoms with Gasteiger partial charge in [0, 0.05) is 37.1 Å². The molecule has 0 unspecified atom stereocenters. The molecule has 6 nitrogen and oxygen atoms in total. The van der Waals surface area contributed by atoms with Crippen LogP contribution in [0.25, 0.3) is 0 Å². The Labute approximate surface area is 181 Å². The molecule has 1 aliphatic rings. The van der Waals surface area contributed by atoms with Crippen LogP contribution in [0.1, 0.15) is 46.5 Å². The van der Waals surface area contributed by atoms with Crippen molar-refractivity contribution in [1.82, 2.24) is 20.2 Å². The summed E-state index contributed by atoms with van der Waals surface area (Å²) in [5, 5.41) is 18.2. The summed E-state index contributed by atoms with van der Waals surface area (Å²) in [4.78, 5) is 23.1. The molecule has 1 amide bonds. The number of H-pyrrole nitrogens is 1. The molecule has 3 aromatic rings. The molecular weight excluding hydrogens is 396 g/mol. The van der Waals surface area contributed by atoms with E-state index in [1.54, 1.807) is 0 Å². The Morgan fingerprint density at radius 3 is 2.80 bits per heavy atom. The fourth-order valence-electron chi connectivity index (χ4n) is 4.19. The first-order valence-corrected chi connectivity index (χ1v) is 11.3. The summed E-state index contributed by atoms with van der Waals surface area (Å²) < 4.78 is 0. The van der Waals surface area contributed by atoms with Gasteiger partial charge in [-0.1, -0.05) is 37.3 Å². The summed E-state index contributed by atoms with van der Waals surface area (Å²) in [7, 11) is 0. The van der Waals surface area contributed by atoms with Crippen molar-refractivity contribution in [3.05, 3.63) is 75.5 Å². The number of aromatic amines is 1. The minimum absolute atomic E-state index is 0.150. The Balaban J connectivity index is 1.56. The van der Waals surface area contributed by atoms with Crippen molar-refractivity contribution >= 4 is 17.2 Å². The van der Waals surface area contributed by atoms with Crippen molar-refractivity contribution in [2.75, 3.05) is 13.1 Å². The summed E-state index contributed by atoms with van der Waals surface area (Å²) in [5.74, 6) is 0.838. The van der Waals surface area contributed by atoms with Gasteiger partial charge in [0.2, 0.25) is 0 Å². The highest BCUT2D eigenvalue weighted by molar-refractivity contribution is 7.08. The van der Waals surface area contributed by atoms with Crippen LogP contribution in [-0.2, 0) is 18.5 Å². The second kappa shape index (κ2) is 8.71. The number of aliphatic hydroxyl groups excluding tert-OH is 1. The van der Waals surface area contributed by atoms with Crippen LogP contribution in [0.2, 0.25) is 0 Å². The van der Waals surface area contributed by atoms with Gasteiger partial charge in [-0.25, -0.2) is 4.98 Å². The molecule has 1 aliphatic heterocycles. The van der Waals surface area contributed by atoms with Crippen molar-refractivity contribution < 1.29 is 9.90 Å². The van der Waals surface area contributed by atoms with Crippen molar-refractivity contribution in [1.29, 1.82) is 0 Å². The van der Waals surface area contributed by atoms with Gasteiger partial charge in [-0.15, -0.1) is 0 Å². The highest BCUT2D eigenvalue weighted by Crippen LogP contribution is 2.34. The number of nitrogens with one attached hydrogen (secondary N) is 2. The van der Waals surface area contributed by atoms with E-state index in [-0.39, 0.29) is 5.91 Å². The van der Waals surface area contributed by atoms with E-state index in [4.69, 9.17) is 0 Å². The highest BCUT2D eigenvalue weighted by atomic mass is 32.1. The van der Waals surface area contributed by atoms with E-state index >= 15 is 0 Å². The lowest BCUT2D eigenvalue weighted by atomic mass is 9.78. The largest absolute Gasteiger partial charge is 0.389 e. The van der Waals surface area contributed by atoms with Crippen LogP contribution >= 0.6 is 11.3 Å². The number of likely N-dealkylation sites (tertiary alicyclic amines) is 1. The number of amides is 1. The van der Waals surface area contributed by atoms with Crippen LogP contribution < -0.4 is 5.32 Å². The number of piperidine rings is 1. The summed E-state index contributed by atoms with van der Waals surface area (Å²) >= 11 is 1.49. The van der Waals surface area contributed by atoms with Gasteiger partial charge in [-0.2, -0.15) is 11.3 Å². The zero-order valence-corrected chi connectivity index (χ0v) is 18.2. The van der Waals surface area contributed by atoms with Gasteiger partial charge in [-0.05, 0) is 30.4 Å². The van der Waals surface area contributed by atoms with Crippen molar-refractivity contribution in [2.24, 2.45) is 0 Å². The highest BCUT2D eigenvalue weighted by Gasteiger charge is 2.45. The third-order valence-electron chi connectivity index (χ3n) is 5.97. The van der Waals surface area contributed by atoms with Gasteiger partial charge in [0.15, 0.2) is 0 Å².